The highest BCUT2D eigenvalue weighted by Crippen LogP contribution is 2.30. The van der Waals surface area contributed by atoms with E-state index in [0.29, 0.717) is 47.6 Å². The lowest BCUT2D eigenvalue weighted by Crippen LogP contribution is -2.46. The fourth-order valence-electron chi connectivity index (χ4n) is 5.20. The second kappa shape index (κ2) is 12.0. The third-order valence-corrected chi connectivity index (χ3v) is 6.73. The number of nitrogens with zero attached hydrogens (tertiary/aromatic N) is 5. The first kappa shape index (κ1) is 26.3. The standard InChI is InChI=1S/C25H32F2N6O.C2H6/c1-16-14-32(15-17(2)34-16)21-12-22(31-25(30-21)28-13-18-8-4-3-5-9-18)33-20-11-7-6-10-19(20)29-24(33)23(26)27;1-2/h6-7,10-12,16-18,23H,3-5,8-9,13-15H2,1-2H3,(H,28,30,31);1-2H3. The number of fused-ring (bicyclic) bond motifs is 1. The van der Waals surface area contributed by atoms with Crippen molar-refractivity contribution in [3.05, 3.63) is 36.2 Å². The Hall–Kier alpha value is -2.81. The van der Waals surface area contributed by atoms with Crippen LogP contribution in [0.1, 0.15) is 72.0 Å². The van der Waals surface area contributed by atoms with Crippen LogP contribution in [0.3, 0.4) is 0 Å². The second-order valence-electron chi connectivity index (χ2n) is 9.55. The van der Waals surface area contributed by atoms with E-state index in [9.17, 15) is 8.78 Å². The molecule has 1 aromatic carbocycles. The van der Waals surface area contributed by atoms with Gasteiger partial charge >= 0.3 is 0 Å². The van der Waals surface area contributed by atoms with Crippen molar-refractivity contribution in [2.75, 3.05) is 29.9 Å². The van der Waals surface area contributed by atoms with Crippen LogP contribution in [0.5, 0.6) is 0 Å². The van der Waals surface area contributed by atoms with E-state index in [-0.39, 0.29) is 18.0 Å². The van der Waals surface area contributed by atoms with Crippen LogP contribution in [-0.4, -0.2) is 51.4 Å². The molecule has 2 aliphatic rings. The van der Waals surface area contributed by atoms with Crippen LogP contribution in [0.15, 0.2) is 30.3 Å². The quantitative estimate of drug-likeness (QED) is 0.423. The predicted molar refractivity (Wildman–Crippen MR) is 140 cm³/mol. The Bertz CT molecular complexity index is 1120. The summed E-state index contributed by atoms with van der Waals surface area (Å²) >= 11 is 0. The maximum Gasteiger partial charge on any atom is 0.296 e. The second-order valence-corrected chi connectivity index (χ2v) is 9.55. The first-order valence-electron chi connectivity index (χ1n) is 13.3. The van der Waals surface area contributed by atoms with Gasteiger partial charge in [-0.2, -0.15) is 9.97 Å². The van der Waals surface area contributed by atoms with Crippen molar-refractivity contribution < 1.29 is 13.5 Å². The molecule has 0 spiro atoms. The molecule has 1 saturated heterocycles. The highest BCUT2D eigenvalue weighted by atomic mass is 19.3. The van der Waals surface area contributed by atoms with Crippen molar-refractivity contribution in [1.82, 2.24) is 19.5 Å². The first-order chi connectivity index (χ1) is 17.5. The first-order valence-corrected chi connectivity index (χ1v) is 13.3. The summed E-state index contributed by atoms with van der Waals surface area (Å²) in [5.41, 5.74) is 1.12. The third kappa shape index (κ3) is 5.94. The lowest BCUT2D eigenvalue weighted by Gasteiger charge is -2.36. The molecule has 0 bridgehead atoms. The number of hydrogen-bond donors (Lipinski definition) is 1. The van der Waals surface area contributed by atoms with Crippen LogP contribution >= 0.6 is 0 Å². The Morgan fingerprint density at radius 3 is 2.33 bits per heavy atom. The summed E-state index contributed by atoms with van der Waals surface area (Å²) in [5, 5.41) is 3.41. The van der Waals surface area contributed by atoms with Crippen molar-refractivity contribution in [1.29, 1.82) is 0 Å². The minimum absolute atomic E-state index is 0.0477. The molecule has 0 radical (unpaired) electrons. The molecule has 7 nitrogen and oxygen atoms in total. The van der Waals surface area contributed by atoms with E-state index in [1.807, 2.05) is 33.8 Å². The summed E-state index contributed by atoms with van der Waals surface area (Å²) in [6.45, 7) is 10.2. The van der Waals surface area contributed by atoms with Crippen LogP contribution < -0.4 is 10.2 Å². The highest BCUT2D eigenvalue weighted by molar-refractivity contribution is 5.78. The number of morpholine rings is 1. The molecular weight excluding hydrogens is 462 g/mol. The van der Waals surface area contributed by atoms with Gasteiger partial charge in [0.25, 0.3) is 6.43 Å². The third-order valence-electron chi connectivity index (χ3n) is 6.73. The van der Waals surface area contributed by atoms with Crippen molar-refractivity contribution in [2.24, 2.45) is 5.92 Å². The number of hydrogen-bond acceptors (Lipinski definition) is 6. The number of aromatic nitrogens is 4. The zero-order valence-electron chi connectivity index (χ0n) is 21.8. The molecule has 2 unspecified atom stereocenters. The SMILES string of the molecule is CC.CC1CN(c2cc(-n3c(C(F)F)nc4ccccc43)nc(NCC3CCCCC3)n2)CC(C)O1. The van der Waals surface area contributed by atoms with E-state index < -0.39 is 6.43 Å². The van der Waals surface area contributed by atoms with Gasteiger partial charge in [0.1, 0.15) is 11.6 Å². The van der Waals surface area contributed by atoms with Crippen LogP contribution in [0.25, 0.3) is 16.9 Å². The molecule has 196 valence electrons. The summed E-state index contributed by atoms with van der Waals surface area (Å²) in [6, 6.07) is 8.95. The molecule has 9 heteroatoms. The number of halogens is 2. The number of anilines is 2. The molecule has 3 heterocycles. The largest absolute Gasteiger partial charge is 0.372 e. The summed E-state index contributed by atoms with van der Waals surface area (Å²) in [6.07, 6.45) is 3.55. The zero-order chi connectivity index (χ0) is 25.7. The molecule has 1 aliphatic heterocycles. The molecule has 3 aromatic rings. The Morgan fingerprint density at radius 2 is 1.64 bits per heavy atom. The minimum Gasteiger partial charge on any atom is -0.372 e. The van der Waals surface area contributed by atoms with E-state index in [0.717, 1.165) is 6.54 Å². The number of imidazole rings is 1. The normalized spacial score (nSPS) is 20.9. The molecule has 5 rings (SSSR count). The van der Waals surface area contributed by atoms with E-state index in [1.165, 1.54) is 36.7 Å². The van der Waals surface area contributed by atoms with E-state index in [2.05, 4.69) is 15.2 Å². The fourth-order valence-corrected chi connectivity index (χ4v) is 5.20. The van der Waals surface area contributed by atoms with Crippen molar-refractivity contribution in [3.63, 3.8) is 0 Å². The lowest BCUT2D eigenvalue weighted by molar-refractivity contribution is -0.00546. The molecule has 1 N–H and O–H groups in total. The Morgan fingerprint density at radius 1 is 0.972 bits per heavy atom. The van der Waals surface area contributed by atoms with Gasteiger partial charge in [-0.3, -0.25) is 4.57 Å². The Kier molecular flexibility index (Phi) is 8.72. The molecule has 2 atom stereocenters. The average Bonchev–Trinajstić information content (AvgIpc) is 3.29. The number of benzene rings is 1. The van der Waals surface area contributed by atoms with Crippen LogP contribution in [-0.2, 0) is 4.74 Å². The van der Waals surface area contributed by atoms with Crippen LogP contribution in [0, 0.1) is 5.92 Å². The monoisotopic (exact) mass is 500 g/mol. The van der Waals surface area contributed by atoms with Gasteiger partial charge in [-0.1, -0.05) is 45.2 Å². The van der Waals surface area contributed by atoms with Crippen LogP contribution in [0.2, 0.25) is 0 Å². The molecule has 2 aromatic heterocycles. The Balaban J connectivity index is 0.00000148. The molecule has 1 aliphatic carbocycles. The van der Waals surface area contributed by atoms with Gasteiger partial charge in [0.05, 0.1) is 23.2 Å². The summed E-state index contributed by atoms with van der Waals surface area (Å²) in [7, 11) is 0. The molecule has 36 heavy (non-hydrogen) atoms. The number of alkyl halides is 2. The van der Waals surface area contributed by atoms with Gasteiger partial charge < -0.3 is 15.0 Å². The highest BCUT2D eigenvalue weighted by Gasteiger charge is 2.26. The van der Waals surface area contributed by atoms with Crippen molar-refractivity contribution in [2.45, 2.75) is 78.4 Å². The Labute approximate surface area is 212 Å². The molecule has 0 amide bonds. The lowest BCUT2D eigenvalue weighted by atomic mass is 9.89. The van der Waals surface area contributed by atoms with E-state index in [4.69, 9.17) is 14.7 Å². The molecular formula is C27H38F2N6O. The van der Waals surface area contributed by atoms with Gasteiger partial charge in [-0.25, -0.2) is 13.8 Å². The van der Waals surface area contributed by atoms with Crippen molar-refractivity contribution in [3.8, 4) is 5.82 Å². The maximum absolute atomic E-state index is 14.0. The van der Waals surface area contributed by atoms with Gasteiger partial charge in [0.2, 0.25) is 5.95 Å². The number of rotatable bonds is 6. The molecule has 1 saturated carbocycles. The average molecular weight is 501 g/mol. The van der Waals surface area contributed by atoms with E-state index in [1.54, 1.807) is 24.3 Å². The van der Waals surface area contributed by atoms with Gasteiger partial charge in [-0.05, 0) is 44.7 Å². The minimum atomic E-state index is -2.73. The van der Waals surface area contributed by atoms with Gasteiger partial charge in [0.15, 0.2) is 5.82 Å². The molecule has 2 fully saturated rings. The smallest absolute Gasteiger partial charge is 0.296 e. The summed E-state index contributed by atoms with van der Waals surface area (Å²) in [5.74, 6) is 1.83. The predicted octanol–water partition coefficient (Wildman–Crippen LogP) is 6.39. The van der Waals surface area contributed by atoms with Crippen molar-refractivity contribution >= 4 is 22.8 Å². The number of nitrogens with one attached hydrogen (secondary N) is 1. The van der Waals surface area contributed by atoms with E-state index >= 15 is 0 Å². The fraction of sp³-hybridized carbons (Fsp3) is 0.593. The van der Waals surface area contributed by atoms with Gasteiger partial charge in [-0.15, -0.1) is 0 Å². The number of ether oxygens (including phenoxy) is 1. The van der Waals surface area contributed by atoms with Gasteiger partial charge in [0, 0.05) is 25.7 Å². The summed E-state index contributed by atoms with van der Waals surface area (Å²) in [4.78, 5) is 15.8. The maximum atomic E-state index is 14.0. The number of para-hydroxylation sites is 2. The van der Waals surface area contributed by atoms with Crippen LogP contribution in [0.4, 0.5) is 20.5 Å². The zero-order valence-corrected chi connectivity index (χ0v) is 21.8. The topological polar surface area (TPSA) is 68.1 Å². The summed E-state index contributed by atoms with van der Waals surface area (Å²) < 4.78 is 35.4.